The summed E-state index contributed by atoms with van der Waals surface area (Å²) in [5.74, 6) is 3.42. The molecule has 9 nitrogen and oxygen atoms in total. The van der Waals surface area contributed by atoms with Crippen LogP contribution in [0.2, 0.25) is 0 Å². The molecule has 0 fully saturated rings. The molecule has 0 saturated heterocycles. The number of benzene rings is 9. The molecule has 12 aromatic rings. The Hall–Kier alpha value is -9.86. The topological polar surface area (TPSA) is 118 Å². The minimum Gasteiger partial charge on any atom is -0.456 e. The van der Waals surface area contributed by atoms with Crippen molar-refractivity contribution in [2.75, 3.05) is 0 Å². The summed E-state index contributed by atoms with van der Waals surface area (Å²) >= 11 is 0. The van der Waals surface area contributed by atoms with Gasteiger partial charge in [0.25, 0.3) is 0 Å². The third-order valence-electron chi connectivity index (χ3n) is 17.6. The Morgan fingerprint density at radius 1 is 0.301 bits per heavy atom. The van der Waals surface area contributed by atoms with Gasteiger partial charge in [-0.3, -0.25) is 0 Å². The highest BCUT2D eigenvalue weighted by molar-refractivity contribution is 6.13. The van der Waals surface area contributed by atoms with E-state index >= 15 is 0 Å². The zero-order valence-corrected chi connectivity index (χ0v) is 47.9. The molecule has 0 atom stereocenters. The zero-order chi connectivity index (χ0) is 56.8. The van der Waals surface area contributed by atoms with Crippen LogP contribution in [0.25, 0.3) is 89.7 Å². The van der Waals surface area contributed by atoms with Gasteiger partial charge < -0.3 is 14.7 Å². The van der Waals surface area contributed by atoms with E-state index in [0.717, 1.165) is 88.3 Å². The number of nitrogens with one attached hydrogen (secondary N) is 2. The molecule has 3 aromatic heterocycles. The van der Waals surface area contributed by atoms with Gasteiger partial charge in [-0.25, -0.2) is 29.9 Å². The molecule has 5 heterocycles. The minimum absolute atomic E-state index is 0.496. The number of aromatic nitrogens is 8. The first-order valence-corrected chi connectivity index (χ1v) is 28.5. The second kappa shape index (κ2) is 19.4. The maximum atomic E-state index is 7.72. The third-order valence-corrected chi connectivity index (χ3v) is 17.6. The quantitative estimate of drug-likeness (QED) is 0.140. The molecule has 8 bridgehead atoms. The van der Waals surface area contributed by atoms with Gasteiger partial charge in [0.2, 0.25) is 0 Å². The predicted molar refractivity (Wildman–Crippen MR) is 337 cm³/mol. The second-order valence-electron chi connectivity index (χ2n) is 24.0. The normalized spacial score (nSPS) is 12.6. The van der Waals surface area contributed by atoms with E-state index in [-0.39, 0.29) is 0 Å². The van der Waals surface area contributed by atoms with E-state index in [9.17, 15) is 0 Å². The maximum absolute atomic E-state index is 7.72. The minimum atomic E-state index is -0.706. The lowest BCUT2D eigenvalue weighted by Gasteiger charge is -2.42. The van der Waals surface area contributed by atoms with Crippen LogP contribution in [0.4, 0.5) is 0 Å². The summed E-state index contributed by atoms with van der Waals surface area (Å²) in [4.78, 5) is 41.2. The predicted octanol–water partition coefficient (Wildman–Crippen LogP) is 18.0. The monoisotopic (exact) mass is 1080 g/mol. The maximum Gasteiger partial charge on any atom is 0.165 e. The number of hydrogen-bond acceptors (Lipinski definition) is 7. The fraction of sp³-hybridized carbons (Fsp3) is 0.162. The van der Waals surface area contributed by atoms with Crippen molar-refractivity contribution in [2.45, 2.75) is 77.0 Å². The first-order chi connectivity index (χ1) is 40.2. The number of ether oxygens (including phenoxy) is 1. The van der Waals surface area contributed by atoms with E-state index in [4.69, 9.17) is 34.6 Å². The van der Waals surface area contributed by atoms with Crippen molar-refractivity contribution in [1.82, 2.24) is 39.9 Å². The standard InChI is InChI=1S/C74H62N8O/c1-71(2,45-29-14-9-15-30-45)55-44-28-43-54-56(55)68-80-67(54)78-65-51-40-25-24-39-50(51)63(76-65)75-64-52-41-26-27-42-53(52)66(77-64)79-70-58-57(69(81-68)82-70)59(72(3,4)46-31-16-10-17-32-46)60(73(5,6)47-33-18-11-19-34-47)61(62(58)83-49-37-22-13-23-38-49)74(7,8)48-35-20-12-21-36-48/h9-44H,1-8H3,(H2,75,76,77,78,79,80,81,82). The van der Waals surface area contributed by atoms with Gasteiger partial charge in [-0.15, -0.1) is 0 Å². The smallest absolute Gasteiger partial charge is 0.165 e. The summed E-state index contributed by atoms with van der Waals surface area (Å²) in [6.07, 6.45) is 0. The molecule has 0 saturated carbocycles. The van der Waals surface area contributed by atoms with Gasteiger partial charge in [-0.05, 0) is 51.1 Å². The van der Waals surface area contributed by atoms with Crippen LogP contribution in [0.15, 0.2) is 218 Å². The van der Waals surface area contributed by atoms with E-state index < -0.39 is 21.7 Å². The summed E-state index contributed by atoms with van der Waals surface area (Å²) < 4.78 is 7.72. The van der Waals surface area contributed by atoms with Crippen molar-refractivity contribution in [3.63, 3.8) is 0 Å². The Balaban J connectivity index is 1.27. The lowest BCUT2D eigenvalue weighted by molar-refractivity contribution is 0.457. The molecule has 9 heteroatoms. The molecule has 2 aliphatic heterocycles. The molecule has 0 aliphatic carbocycles. The van der Waals surface area contributed by atoms with Crippen LogP contribution in [-0.4, -0.2) is 39.9 Å². The Labute approximate surface area is 483 Å². The van der Waals surface area contributed by atoms with E-state index in [1.54, 1.807) is 0 Å². The molecule has 14 rings (SSSR count). The summed E-state index contributed by atoms with van der Waals surface area (Å²) in [7, 11) is 0. The van der Waals surface area contributed by atoms with Crippen molar-refractivity contribution >= 4 is 44.1 Å². The largest absolute Gasteiger partial charge is 0.456 e. The average Bonchev–Trinajstić information content (AvgIpc) is 3.27. The molecule has 0 amide bonds. The van der Waals surface area contributed by atoms with Crippen molar-refractivity contribution in [3.8, 4) is 57.1 Å². The van der Waals surface area contributed by atoms with Crippen molar-refractivity contribution in [3.05, 3.63) is 263 Å². The fourth-order valence-electron chi connectivity index (χ4n) is 13.0. The highest BCUT2D eigenvalue weighted by atomic mass is 16.5. The number of H-pyrrole nitrogens is 2. The first-order valence-electron chi connectivity index (χ1n) is 28.5. The number of rotatable bonds is 10. The van der Waals surface area contributed by atoms with Gasteiger partial charge in [0.1, 0.15) is 34.1 Å². The molecule has 0 unspecified atom stereocenters. The molecular weight excluding hydrogens is 1020 g/mol. The Morgan fingerprint density at radius 2 is 0.675 bits per heavy atom. The van der Waals surface area contributed by atoms with E-state index in [1.807, 2.05) is 54.6 Å². The fourth-order valence-corrected chi connectivity index (χ4v) is 13.0. The SMILES string of the molecule is CC(C)(c1ccccc1)c1cccc2c1-c1nc-2nc2[nH]c(nc3nc(nc4[nH]c(n1)c1c(C(C)(C)c5ccccc5)c(C(C)(C)c5ccccc5)c(C(C)(C)c5ccccc5)c(Oc5ccccc5)c41)-c1ccccc1-3)c1ccccc21. The van der Waals surface area contributed by atoms with Crippen LogP contribution in [-0.2, 0) is 21.7 Å². The number of hydrogen-bond donors (Lipinski definition) is 2. The number of para-hydroxylation sites is 1. The van der Waals surface area contributed by atoms with Gasteiger partial charge in [0, 0.05) is 65.6 Å². The number of aromatic amines is 2. The van der Waals surface area contributed by atoms with E-state index in [0.29, 0.717) is 57.4 Å². The third kappa shape index (κ3) is 8.35. The van der Waals surface area contributed by atoms with Gasteiger partial charge >= 0.3 is 0 Å². The number of fused-ring (bicyclic) bond motifs is 20. The highest BCUT2D eigenvalue weighted by Crippen LogP contribution is 2.57. The zero-order valence-electron chi connectivity index (χ0n) is 47.9. The summed E-state index contributed by atoms with van der Waals surface area (Å²) in [6.45, 7) is 18.6. The molecule has 83 heavy (non-hydrogen) atoms. The van der Waals surface area contributed by atoms with Crippen LogP contribution in [0.5, 0.6) is 11.5 Å². The molecule has 2 aliphatic rings. The van der Waals surface area contributed by atoms with Gasteiger partial charge in [-0.2, -0.15) is 0 Å². The summed E-state index contributed by atoms with van der Waals surface area (Å²) in [5, 5.41) is 3.44. The molecule has 404 valence electrons. The Bertz CT molecular complexity index is 4680. The van der Waals surface area contributed by atoms with Crippen LogP contribution in [0, 0.1) is 0 Å². The Kier molecular flexibility index (Phi) is 12.0. The molecule has 0 spiro atoms. The molecular formula is C74H62N8O. The van der Waals surface area contributed by atoms with Gasteiger partial charge in [-0.1, -0.05) is 262 Å². The van der Waals surface area contributed by atoms with Crippen molar-refractivity contribution < 1.29 is 4.74 Å². The van der Waals surface area contributed by atoms with Crippen LogP contribution in [0.1, 0.15) is 99.9 Å². The van der Waals surface area contributed by atoms with Gasteiger partial charge in [0.05, 0.1) is 5.39 Å². The summed E-state index contributed by atoms with van der Waals surface area (Å²) in [6, 6.07) is 76.2. The Morgan fingerprint density at radius 3 is 1.20 bits per heavy atom. The lowest BCUT2D eigenvalue weighted by Crippen LogP contribution is -2.34. The van der Waals surface area contributed by atoms with Crippen LogP contribution >= 0.6 is 0 Å². The lowest BCUT2D eigenvalue weighted by atomic mass is 9.61. The average molecular weight is 1080 g/mol. The van der Waals surface area contributed by atoms with E-state index in [1.165, 1.54) is 0 Å². The number of nitrogens with zero attached hydrogens (tertiary/aromatic N) is 6. The first kappa shape index (κ1) is 51.3. The molecule has 2 N–H and O–H groups in total. The summed E-state index contributed by atoms with van der Waals surface area (Å²) in [5.41, 5.74) is 12.1. The van der Waals surface area contributed by atoms with Crippen molar-refractivity contribution in [1.29, 1.82) is 0 Å². The molecule has 0 radical (unpaired) electrons. The molecule has 9 aromatic carbocycles. The second-order valence-corrected chi connectivity index (χ2v) is 24.0. The van der Waals surface area contributed by atoms with Crippen LogP contribution in [0.3, 0.4) is 0 Å². The van der Waals surface area contributed by atoms with Crippen molar-refractivity contribution in [2.24, 2.45) is 0 Å². The van der Waals surface area contributed by atoms with Gasteiger partial charge in [0.15, 0.2) is 23.3 Å². The van der Waals surface area contributed by atoms with Crippen LogP contribution < -0.4 is 4.74 Å². The van der Waals surface area contributed by atoms with E-state index in [2.05, 4.69) is 229 Å². The highest BCUT2D eigenvalue weighted by Gasteiger charge is 2.45.